The van der Waals surface area contributed by atoms with Crippen LogP contribution in [0.5, 0.6) is 0 Å². The second-order valence-electron chi connectivity index (χ2n) is 4.18. The quantitative estimate of drug-likeness (QED) is 0.643. The van der Waals surface area contributed by atoms with Gasteiger partial charge in [-0.25, -0.2) is 0 Å². The van der Waals surface area contributed by atoms with Crippen LogP contribution in [0.25, 0.3) is 0 Å². The Morgan fingerprint density at radius 3 is 2.16 bits per heavy atom. The number of nitrogens with zero attached hydrogens (tertiary/aromatic N) is 1. The van der Waals surface area contributed by atoms with Crippen molar-refractivity contribution >= 4 is 11.7 Å². The van der Waals surface area contributed by atoms with Gasteiger partial charge in [0, 0.05) is 19.3 Å². The van der Waals surface area contributed by atoms with Crippen LogP contribution in [0, 0.1) is 0 Å². The molecule has 0 radical (unpaired) electrons. The Balaban J connectivity index is 0.00000180. The number of rotatable bonds is 4. The molecular weight excluding hydrogens is 249 g/mol. The van der Waals surface area contributed by atoms with E-state index in [1.807, 2.05) is 49.5 Å². The van der Waals surface area contributed by atoms with Crippen molar-refractivity contribution < 1.29 is 39.5 Å². The molecule has 0 bridgehead atoms. The van der Waals surface area contributed by atoms with E-state index in [-0.39, 0.29) is 35.1 Å². The summed E-state index contributed by atoms with van der Waals surface area (Å²) in [5.41, 5.74) is 2.40. The molecule has 3 nitrogen and oxygen atoms in total. The van der Waals surface area contributed by atoms with Crippen LogP contribution in [-0.4, -0.2) is 13.0 Å². The molecule has 0 fully saturated rings. The molecule has 0 aliphatic rings. The fourth-order valence-electron chi connectivity index (χ4n) is 1.79. The molecule has 0 saturated heterocycles. The molecule has 0 heterocycles. The standard InChI is InChI=1S/C15H15NO2.Na/c1-16(14-5-3-2-4-6-14)11-12-7-9-13(10-8-12)15(17)18;/h2-10H,11H2,1H3,(H,17,18);/q;+1/p-1. The fraction of sp³-hybridized carbons (Fsp3) is 0.133. The molecule has 0 aliphatic carbocycles. The van der Waals surface area contributed by atoms with Crippen LogP contribution < -0.4 is 39.6 Å². The van der Waals surface area contributed by atoms with E-state index in [1.165, 1.54) is 0 Å². The maximum absolute atomic E-state index is 10.6. The minimum atomic E-state index is -1.14. The number of para-hydroxylation sites is 1. The van der Waals surface area contributed by atoms with Gasteiger partial charge in [0.1, 0.15) is 0 Å². The third kappa shape index (κ3) is 4.39. The fourth-order valence-corrected chi connectivity index (χ4v) is 1.79. The van der Waals surface area contributed by atoms with E-state index in [0.29, 0.717) is 0 Å². The van der Waals surface area contributed by atoms with Crippen molar-refractivity contribution in [3.05, 3.63) is 65.7 Å². The van der Waals surface area contributed by atoms with Crippen molar-refractivity contribution in [3.63, 3.8) is 0 Å². The summed E-state index contributed by atoms with van der Waals surface area (Å²) in [6, 6.07) is 16.8. The Labute approximate surface area is 135 Å². The SMILES string of the molecule is CN(Cc1ccc(C(=O)[O-])cc1)c1ccccc1.[Na+]. The van der Waals surface area contributed by atoms with Crippen LogP contribution in [0.4, 0.5) is 5.69 Å². The molecule has 0 atom stereocenters. The van der Waals surface area contributed by atoms with Crippen LogP contribution in [0.2, 0.25) is 0 Å². The molecule has 2 aromatic rings. The van der Waals surface area contributed by atoms with Crippen LogP contribution in [0.3, 0.4) is 0 Å². The second kappa shape index (κ2) is 7.34. The first kappa shape index (κ1) is 15.8. The van der Waals surface area contributed by atoms with E-state index < -0.39 is 5.97 Å². The van der Waals surface area contributed by atoms with Crippen molar-refractivity contribution in [3.8, 4) is 0 Å². The van der Waals surface area contributed by atoms with Crippen molar-refractivity contribution in [1.29, 1.82) is 0 Å². The average Bonchev–Trinajstić information content (AvgIpc) is 2.40. The van der Waals surface area contributed by atoms with Gasteiger partial charge in [0.15, 0.2) is 0 Å². The number of anilines is 1. The van der Waals surface area contributed by atoms with Crippen LogP contribution in [0.1, 0.15) is 15.9 Å². The third-order valence-corrected chi connectivity index (χ3v) is 2.81. The average molecular weight is 263 g/mol. The first-order chi connectivity index (χ1) is 8.66. The summed E-state index contributed by atoms with van der Waals surface area (Å²) in [6.07, 6.45) is 0. The summed E-state index contributed by atoms with van der Waals surface area (Å²) in [6.45, 7) is 0.733. The van der Waals surface area contributed by atoms with Gasteiger partial charge in [-0.15, -0.1) is 0 Å². The Morgan fingerprint density at radius 2 is 1.63 bits per heavy atom. The molecule has 92 valence electrons. The van der Waals surface area contributed by atoms with E-state index >= 15 is 0 Å². The Morgan fingerprint density at radius 1 is 1.05 bits per heavy atom. The molecular formula is C15H14NNaO2. The van der Waals surface area contributed by atoms with E-state index in [2.05, 4.69) is 4.90 Å². The summed E-state index contributed by atoms with van der Waals surface area (Å²) in [4.78, 5) is 12.7. The van der Waals surface area contributed by atoms with Crippen LogP contribution in [0.15, 0.2) is 54.6 Å². The summed E-state index contributed by atoms with van der Waals surface area (Å²) in [7, 11) is 2.00. The smallest absolute Gasteiger partial charge is 0.545 e. The molecule has 0 amide bonds. The normalized spacial score (nSPS) is 9.53. The zero-order valence-electron chi connectivity index (χ0n) is 11.2. The summed E-state index contributed by atoms with van der Waals surface area (Å²) in [5, 5.41) is 10.6. The Hall–Kier alpha value is -1.29. The number of aromatic carboxylic acids is 1. The molecule has 2 rings (SSSR count). The largest absolute Gasteiger partial charge is 1.00 e. The molecule has 2 aromatic carbocycles. The van der Waals surface area contributed by atoms with Crippen molar-refractivity contribution in [2.24, 2.45) is 0 Å². The van der Waals surface area contributed by atoms with E-state index in [1.54, 1.807) is 12.1 Å². The number of carbonyl (C=O) groups is 1. The maximum Gasteiger partial charge on any atom is 1.00 e. The van der Waals surface area contributed by atoms with Crippen molar-refractivity contribution in [1.82, 2.24) is 0 Å². The van der Waals surface area contributed by atoms with Gasteiger partial charge in [0.2, 0.25) is 0 Å². The summed E-state index contributed by atoms with van der Waals surface area (Å²) in [5.74, 6) is -1.14. The number of carboxylic acid groups (broad SMARTS) is 1. The summed E-state index contributed by atoms with van der Waals surface area (Å²) >= 11 is 0. The molecule has 19 heavy (non-hydrogen) atoms. The summed E-state index contributed by atoms with van der Waals surface area (Å²) < 4.78 is 0. The zero-order valence-corrected chi connectivity index (χ0v) is 13.2. The molecule has 4 heteroatoms. The van der Waals surface area contributed by atoms with E-state index in [4.69, 9.17) is 0 Å². The van der Waals surface area contributed by atoms with Gasteiger partial charge in [0.05, 0.1) is 5.97 Å². The van der Waals surface area contributed by atoms with Gasteiger partial charge in [0.25, 0.3) is 0 Å². The number of hydrogen-bond acceptors (Lipinski definition) is 3. The van der Waals surface area contributed by atoms with Gasteiger partial charge < -0.3 is 14.8 Å². The molecule has 0 spiro atoms. The molecule has 0 aromatic heterocycles. The second-order valence-corrected chi connectivity index (χ2v) is 4.18. The van der Waals surface area contributed by atoms with Gasteiger partial charge >= 0.3 is 29.6 Å². The van der Waals surface area contributed by atoms with Gasteiger partial charge in [-0.2, -0.15) is 0 Å². The van der Waals surface area contributed by atoms with Crippen molar-refractivity contribution in [2.75, 3.05) is 11.9 Å². The first-order valence-corrected chi connectivity index (χ1v) is 5.73. The maximum atomic E-state index is 10.6. The van der Waals surface area contributed by atoms with E-state index in [0.717, 1.165) is 17.8 Å². The van der Waals surface area contributed by atoms with E-state index in [9.17, 15) is 9.90 Å². The number of benzene rings is 2. The predicted octanol–water partition coefficient (Wildman–Crippen LogP) is -1.31. The number of carboxylic acids is 1. The van der Waals surface area contributed by atoms with Crippen LogP contribution in [-0.2, 0) is 6.54 Å². The van der Waals surface area contributed by atoms with Gasteiger partial charge in [-0.1, -0.05) is 42.5 Å². The predicted molar refractivity (Wildman–Crippen MR) is 69.3 cm³/mol. The number of hydrogen-bond donors (Lipinski definition) is 0. The van der Waals surface area contributed by atoms with Crippen LogP contribution >= 0.6 is 0 Å². The van der Waals surface area contributed by atoms with Gasteiger partial charge in [-0.3, -0.25) is 0 Å². The Kier molecular flexibility index (Phi) is 6.09. The minimum Gasteiger partial charge on any atom is -0.545 e. The van der Waals surface area contributed by atoms with Gasteiger partial charge in [-0.05, 0) is 23.3 Å². The molecule has 0 unspecified atom stereocenters. The molecule has 0 N–H and O–H groups in total. The molecule has 0 aliphatic heterocycles. The topological polar surface area (TPSA) is 43.4 Å². The first-order valence-electron chi connectivity index (χ1n) is 5.73. The number of carbonyl (C=O) groups excluding carboxylic acids is 1. The molecule has 0 saturated carbocycles. The minimum absolute atomic E-state index is 0. The zero-order chi connectivity index (χ0) is 13.0. The Bertz CT molecular complexity index is 526. The monoisotopic (exact) mass is 263 g/mol. The van der Waals surface area contributed by atoms with Crippen molar-refractivity contribution in [2.45, 2.75) is 6.54 Å². The third-order valence-electron chi connectivity index (χ3n) is 2.81.